The standard InChI is InChI=1S/C16H21BrFNO/c1-2-19-15(13-9-12-5-6-16(13)20-12)7-10-3-4-11(18)8-14(10)17/h3-4,8,12-13,15-16,19H,2,5-7,9H2,1H3. The summed E-state index contributed by atoms with van der Waals surface area (Å²) in [6, 6.07) is 5.39. The van der Waals surface area contributed by atoms with E-state index in [9.17, 15) is 4.39 Å². The molecule has 4 atom stereocenters. The number of rotatable bonds is 5. The molecule has 1 aromatic rings. The Morgan fingerprint density at radius 2 is 2.30 bits per heavy atom. The van der Waals surface area contributed by atoms with Gasteiger partial charge >= 0.3 is 0 Å². The van der Waals surface area contributed by atoms with Crippen molar-refractivity contribution in [3.8, 4) is 0 Å². The summed E-state index contributed by atoms with van der Waals surface area (Å²) in [5, 5.41) is 3.61. The van der Waals surface area contributed by atoms with Crippen LogP contribution in [0.15, 0.2) is 22.7 Å². The van der Waals surface area contributed by atoms with E-state index in [4.69, 9.17) is 4.74 Å². The van der Waals surface area contributed by atoms with E-state index in [1.807, 2.05) is 6.07 Å². The fraction of sp³-hybridized carbons (Fsp3) is 0.625. The van der Waals surface area contributed by atoms with Gasteiger partial charge in [-0.2, -0.15) is 0 Å². The predicted octanol–water partition coefficient (Wildman–Crippen LogP) is 3.68. The molecule has 2 fully saturated rings. The van der Waals surface area contributed by atoms with Crippen molar-refractivity contribution < 1.29 is 9.13 Å². The molecule has 0 amide bonds. The maximum Gasteiger partial charge on any atom is 0.124 e. The Kier molecular flexibility index (Phi) is 4.43. The highest BCUT2D eigenvalue weighted by Gasteiger charge is 2.44. The average Bonchev–Trinajstić information content (AvgIpc) is 3.03. The Morgan fingerprint density at radius 3 is 2.90 bits per heavy atom. The summed E-state index contributed by atoms with van der Waals surface area (Å²) in [5.41, 5.74) is 1.17. The van der Waals surface area contributed by atoms with E-state index in [2.05, 4.69) is 28.2 Å². The number of benzene rings is 1. The topological polar surface area (TPSA) is 21.3 Å². The van der Waals surface area contributed by atoms with E-state index >= 15 is 0 Å². The van der Waals surface area contributed by atoms with Gasteiger partial charge in [0.25, 0.3) is 0 Å². The van der Waals surface area contributed by atoms with Crippen LogP contribution in [0.2, 0.25) is 0 Å². The van der Waals surface area contributed by atoms with Crippen LogP contribution in [0.25, 0.3) is 0 Å². The number of nitrogens with one attached hydrogen (secondary N) is 1. The van der Waals surface area contributed by atoms with Crippen molar-refractivity contribution in [2.75, 3.05) is 6.54 Å². The number of ether oxygens (including phenoxy) is 1. The highest BCUT2D eigenvalue weighted by atomic mass is 79.9. The zero-order chi connectivity index (χ0) is 14.1. The lowest BCUT2D eigenvalue weighted by molar-refractivity contribution is 0.0858. The second kappa shape index (κ2) is 6.12. The summed E-state index contributed by atoms with van der Waals surface area (Å²) in [6.45, 7) is 3.10. The van der Waals surface area contributed by atoms with Crippen molar-refractivity contribution in [1.29, 1.82) is 0 Å². The summed E-state index contributed by atoms with van der Waals surface area (Å²) in [5.74, 6) is 0.398. The van der Waals surface area contributed by atoms with Gasteiger partial charge in [0.05, 0.1) is 12.2 Å². The van der Waals surface area contributed by atoms with Gasteiger partial charge in [0.15, 0.2) is 0 Å². The fourth-order valence-electron chi connectivity index (χ4n) is 3.66. The Bertz CT molecular complexity index is 482. The van der Waals surface area contributed by atoms with Crippen LogP contribution in [0, 0.1) is 11.7 Å². The first-order valence-corrected chi connectivity index (χ1v) is 8.29. The van der Waals surface area contributed by atoms with Gasteiger partial charge in [0.1, 0.15) is 5.82 Å². The molecule has 0 aliphatic carbocycles. The normalized spacial score (nSPS) is 29.9. The van der Waals surface area contributed by atoms with Gasteiger partial charge in [0.2, 0.25) is 0 Å². The van der Waals surface area contributed by atoms with Crippen molar-refractivity contribution in [3.63, 3.8) is 0 Å². The molecule has 2 bridgehead atoms. The van der Waals surface area contributed by atoms with Crippen LogP contribution >= 0.6 is 15.9 Å². The van der Waals surface area contributed by atoms with Crippen LogP contribution < -0.4 is 5.32 Å². The average molecular weight is 342 g/mol. The zero-order valence-electron chi connectivity index (χ0n) is 11.7. The van der Waals surface area contributed by atoms with Crippen molar-refractivity contribution >= 4 is 15.9 Å². The lowest BCUT2D eigenvalue weighted by Gasteiger charge is -2.29. The van der Waals surface area contributed by atoms with Gasteiger partial charge in [-0.15, -0.1) is 0 Å². The first-order chi connectivity index (χ1) is 9.67. The fourth-order valence-corrected chi connectivity index (χ4v) is 4.17. The number of fused-ring (bicyclic) bond motifs is 2. The summed E-state index contributed by atoms with van der Waals surface area (Å²) < 4.78 is 20.0. The quantitative estimate of drug-likeness (QED) is 0.882. The summed E-state index contributed by atoms with van der Waals surface area (Å²) in [7, 11) is 0. The zero-order valence-corrected chi connectivity index (χ0v) is 13.3. The Hall–Kier alpha value is -0.450. The van der Waals surface area contributed by atoms with Crippen LogP contribution in [0.3, 0.4) is 0 Å². The third kappa shape index (κ3) is 2.92. The highest BCUT2D eigenvalue weighted by molar-refractivity contribution is 9.10. The summed E-state index contributed by atoms with van der Waals surface area (Å²) >= 11 is 3.48. The predicted molar refractivity (Wildman–Crippen MR) is 81.3 cm³/mol. The minimum Gasteiger partial charge on any atom is -0.375 e. The lowest BCUT2D eigenvalue weighted by Crippen LogP contribution is -2.42. The third-order valence-corrected chi connectivity index (χ3v) is 5.33. The van der Waals surface area contributed by atoms with Crippen molar-refractivity contribution in [1.82, 2.24) is 5.32 Å². The molecule has 0 spiro atoms. The molecule has 0 aromatic heterocycles. The molecular formula is C16H21BrFNO. The number of hydrogen-bond donors (Lipinski definition) is 1. The van der Waals surface area contributed by atoms with Crippen molar-refractivity contribution in [2.45, 2.75) is 50.9 Å². The van der Waals surface area contributed by atoms with E-state index in [0.29, 0.717) is 24.2 Å². The molecular weight excluding hydrogens is 321 g/mol. The highest BCUT2D eigenvalue weighted by Crippen LogP contribution is 2.41. The molecule has 1 aromatic carbocycles. The largest absolute Gasteiger partial charge is 0.375 e. The van der Waals surface area contributed by atoms with Crippen molar-refractivity contribution in [2.24, 2.45) is 5.92 Å². The SMILES string of the molecule is CCNC(Cc1ccc(F)cc1Br)C1CC2CCC1O2. The molecule has 2 heterocycles. The molecule has 2 nitrogen and oxygen atoms in total. The Morgan fingerprint density at radius 1 is 1.45 bits per heavy atom. The Labute approximate surface area is 128 Å². The van der Waals surface area contributed by atoms with Crippen LogP contribution in [0.5, 0.6) is 0 Å². The minimum absolute atomic E-state index is 0.191. The van der Waals surface area contributed by atoms with Gasteiger partial charge in [-0.25, -0.2) is 4.39 Å². The van der Waals surface area contributed by atoms with Crippen LogP contribution in [-0.4, -0.2) is 24.8 Å². The van der Waals surface area contributed by atoms with E-state index in [1.54, 1.807) is 12.1 Å². The van der Waals surface area contributed by atoms with Gasteiger partial charge in [-0.05, 0) is 49.9 Å². The molecule has 2 saturated heterocycles. The van der Waals surface area contributed by atoms with Gasteiger partial charge < -0.3 is 10.1 Å². The molecule has 0 saturated carbocycles. The minimum atomic E-state index is -0.191. The first-order valence-electron chi connectivity index (χ1n) is 7.50. The van der Waals surface area contributed by atoms with E-state index < -0.39 is 0 Å². The summed E-state index contributed by atoms with van der Waals surface area (Å²) in [6.07, 6.45) is 5.40. The molecule has 4 heteroatoms. The first kappa shape index (κ1) is 14.5. The van der Waals surface area contributed by atoms with Gasteiger partial charge in [0, 0.05) is 16.4 Å². The summed E-state index contributed by atoms with van der Waals surface area (Å²) in [4.78, 5) is 0. The monoisotopic (exact) mass is 341 g/mol. The molecule has 0 radical (unpaired) electrons. The molecule has 4 unspecified atom stereocenters. The molecule has 3 rings (SSSR count). The van der Waals surface area contributed by atoms with E-state index in [1.165, 1.54) is 24.8 Å². The second-order valence-corrected chi connectivity index (χ2v) is 6.73. The molecule has 20 heavy (non-hydrogen) atoms. The molecule has 110 valence electrons. The Balaban J connectivity index is 1.74. The second-order valence-electron chi connectivity index (χ2n) is 5.88. The number of halogens is 2. The van der Waals surface area contributed by atoms with Crippen molar-refractivity contribution in [3.05, 3.63) is 34.1 Å². The lowest BCUT2D eigenvalue weighted by atomic mass is 9.81. The molecule has 2 aliphatic heterocycles. The number of likely N-dealkylation sites (N-methyl/N-ethyl adjacent to an activating group) is 1. The molecule has 1 N–H and O–H groups in total. The van der Waals surface area contributed by atoms with Crippen LogP contribution in [-0.2, 0) is 11.2 Å². The number of hydrogen-bond acceptors (Lipinski definition) is 2. The van der Waals surface area contributed by atoms with Crippen LogP contribution in [0.4, 0.5) is 4.39 Å². The van der Waals surface area contributed by atoms with E-state index in [-0.39, 0.29) is 5.82 Å². The third-order valence-electron chi connectivity index (χ3n) is 4.59. The smallest absolute Gasteiger partial charge is 0.124 e. The maximum absolute atomic E-state index is 13.2. The van der Waals surface area contributed by atoms with Gasteiger partial charge in [-0.3, -0.25) is 0 Å². The molecule has 2 aliphatic rings. The van der Waals surface area contributed by atoms with Gasteiger partial charge in [-0.1, -0.05) is 28.9 Å². The van der Waals surface area contributed by atoms with Crippen LogP contribution in [0.1, 0.15) is 31.7 Å². The van der Waals surface area contributed by atoms with E-state index in [0.717, 1.165) is 17.4 Å². The maximum atomic E-state index is 13.2.